The first-order valence-corrected chi connectivity index (χ1v) is 6.43. The lowest BCUT2D eigenvalue weighted by Gasteiger charge is -2.10. The van der Waals surface area contributed by atoms with E-state index in [0.29, 0.717) is 12.2 Å². The van der Waals surface area contributed by atoms with E-state index in [0.717, 1.165) is 5.56 Å². The summed E-state index contributed by atoms with van der Waals surface area (Å²) in [4.78, 5) is 34.6. The normalized spacial score (nSPS) is 10.1. The van der Waals surface area contributed by atoms with Crippen molar-refractivity contribution >= 4 is 17.7 Å². The summed E-state index contributed by atoms with van der Waals surface area (Å²) in [6.07, 6.45) is 0. The Morgan fingerprint density at radius 2 is 1.86 bits per heavy atom. The number of carbonyl (C=O) groups is 3. The molecule has 1 rings (SSSR count). The fraction of sp³-hybridized carbons (Fsp3) is 0.357. The molecule has 3 N–H and O–H groups in total. The maximum atomic E-state index is 11.9. The number of benzene rings is 1. The number of rotatable bonds is 4. The van der Waals surface area contributed by atoms with E-state index in [-0.39, 0.29) is 6.04 Å². The van der Waals surface area contributed by atoms with Gasteiger partial charge in [-0.15, -0.1) is 0 Å². The maximum absolute atomic E-state index is 11.9. The Bertz CT molecular complexity index is 529. The standard InChI is InChI=1S/C14H19N3O4/c1-9(2)15-13(19)14(20)17-16-12(18)11-6-4-5-10(7-11)8-21-3/h4-7,9H,8H2,1-3H3,(H,15,19)(H,16,18)(H,17,20). The number of nitrogens with one attached hydrogen (secondary N) is 3. The van der Waals surface area contributed by atoms with Gasteiger partial charge in [-0.1, -0.05) is 12.1 Å². The third-order valence-electron chi connectivity index (χ3n) is 2.42. The topological polar surface area (TPSA) is 96.5 Å². The molecule has 1 aromatic rings. The van der Waals surface area contributed by atoms with Gasteiger partial charge in [-0.05, 0) is 31.5 Å². The molecule has 0 aliphatic heterocycles. The summed E-state index contributed by atoms with van der Waals surface area (Å²) < 4.78 is 4.97. The highest BCUT2D eigenvalue weighted by atomic mass is 16.5. The van der Waals surface area contributed by atoms with Crippen molar-refractivity contribution in [3.63, 3.8) is 0 Å². The molecule has 7 nitrogen and oxygen atoms in total. The van der Waals surface area contributed by atoms with Crippen molar-refractivity contribution in [1.29, 1.82) is 0 Å². The van der Waals surface area contributed by atoms with Crippen molar-refractivity contribution in [1.82, 2.24) is 16.2 Å². The molecule has 0 atom stereocenters. The van der Waals surface area contributed by atoms with Crippen LogP contribution < -0.4 is 16.2 Å². The summed E-state index contributed by atoms with van der Waals surface area (Å²) in [5.41, 5.74) is 5.42. The van der Waals surface area contributed by atoms with Crippen LogP contribution in [0.5, 0.6) is 0 Å². The van der Waals surface area contributed by atoms with Gasteiger partial charge in [-0.25, -0.2) is 0 Å². The van der Waals surface area contributed by atoms with Crippen molar-refractivity contribution in [3.05, 3.63) is 35.4 Å². The first-order chi connectivity index (χ1) is 9.93. The van der Waals surface area contributed by atoms with Gasteiger partial charge < -0.3 is 10.1 Å². The quantitative estimate of drug-likeness (QED) is 0.542. The van der Waals surface area contributed by atoms with Crippen molar-refractivity contribution in [2.45, 2.75) is 26.5 Å². The second-order valence-electron chi connectivity index (χ2n) is 4.67. The zero-order valence-electron chi connectivity index (χ0n) is 12.2. The first kappa shape index (κ1) is 16.6. The molecule has 0 fully saturated rings. The number of hydrazine groups is 1. The lowest BCUT2D eigenvalue weighted by molar-refractivity contribution is -0.139. The number of ether oxygens (including phenoxy) is 1. The number of amides is 3. The summed E-state index contributed by atoms with van der Waals surface area (Å²) >= 11 is 0. The molecule has 1 aromatic carbocycles. The molecular weight excluding hydrogens is 274 g/mol. The molecule has 0 unspecified atom stereocenters. The highest BCUT2D eigenvalue weighted by Crippen LogP contribution is 2.05. The summed E-state index contributed by atoms with van der Waals surface area (Å²) in [6.45, 7) is 3.83. The lowest BCUT2D eigenvalue weighted by atomic mass is 10.1. The third-order valence-corrected chi connectivity index (χ3v) is 2.42. The van der Waals surface area contributed by atoms with Crippen LogP contribution in [0, 0.1) is 0 Å². The van der Waals surface area contributed by atoms with Gasteiger partial charge in [-0.3, -0.25) is 25.2 Å². The van der Waals surface area contributed by atoms with Gasteiger partial charge in [0.1, 0.15) is 0 Å². The van der Waals surface area contributed by atoms with E-state index in [2.05, 4.69) is 16.2 Å². The average Bonchev–Trinajstić information content (AvgIpc) is 2.44. The van der Waals surface area contributed by atoms with Crippen molar-refractivity contribution in [2.24, 2.45) is 0 Å². The van der Waals surface area contributed by atoms with Crippen LogP contribution >= 0.6 is 0 Å². The summed E-state index contributed by atoms with van der Waals surface area (Å²) in [7, 11) is 1.56. The Balaban J connectivity index is 2.55. The Kier molecular flexibility index (Phi) is 6.35. The van der Waals surface area contributed by atoms with E-state index in [1.165, 1.54) is 0 Å². The van der Waals surface area contributed by atoms with Crippen LogP contribution in [-0.2, 0) is 20.9 Å². The number of carbonyl (C=O) groups excluding carboxylic acids is 3. The van der Waals surface area contributed by atoms with Crippen molar-refractivity contribution in [3.8, 4) is 0 Å². The molecule has 0 radical (unpaired) electrons. The second-order valence-corrected chi connectivity index (χ2v) is 4.67. The fourth-order valence-corrected chi connectivity index (χ4v) is 1.54. The Morgan fingerprint density at radius 1 is 1.14 bits per heavy atom. The Labute approximate surface area is 123 Å². The van der Waals surface area contributed by atoms with Gasteiger partial charge in [-0.2, -0.15) is 0 Å². The van der Waals surface area contributed by atoms with Crippen LogP contribution in [0.1, 0.15) is 29.8 Å². The summed E-state index contributed by atoms with van der Waals surface area (Å²) in [5, 5.41) is 2.41. The van der Waals surface area contributed by atoms with Gasteiger partial charge in [0.15, 0.2) is 0 Å². The van der Waals surface area contributed by atoms with Gasteiger partial charge in [0.2, 0.25) is 0 Å². The second kappa shape index (κ2) is 8.01. The predicted octanol–water partition coefficient (Wildman–Crippen LogP) is 0.119. The highest BCUT2D eigenvalue weighted by molar-refractivity contribution is 6.35. The highest BCUT2D eigenvalue weighted by Gasteiger charge is 2.15. The minimum atomic E-state index is -0.926. The molecule has 0 bridgehead atoms. The molecule has 0 aliphatic carbocycles. The zero-order chi connectivity index (χ0) is 15.8. The Hall–Kier alpha value is -2.41. The SMILES string of the molecule is COCc1cccc(C(=O)NNC(=O)C(=O)NC(C)C)c1. The third kappa shape index (κ3) is 5.62. The minimum Gasteiger partial charge on any atom is -0.380 e. The molecule has 0 aromatic heterocycles. The van der Waals surface area contributed by atoms with Gasteiger partial charge in [0, 0.05) is 18.7 Å². The van der Waals surface area contributed by atoms with E-state index in [4.69, 9.17) is 4.74 Å². The Morgan fingerprint density at radius 3 is 2.48 bits per heavy atom. The van der Waals surface area contributed by atoms with E-state index in [1.54, 1.807) is 39.2 Å². The minimum absolute atomic E-state index is 0.162. The van der Waals surface area contributed by atoms with Crippen LogP contribution in [0.2, 0.25) is 0 Å². The molecule has 7 heteroatoms. The van der Waals surface area contributed by atoms with Crippen molar-refractivity contribution in [2.75, 3.05) is 7.11 Å². The van der Waals surface area contributed by atoms with E-state index in [9.17, 15) is 14.4 Å². The number of methoxy groups -OCH3 is 1. The molecule has 0 heterocycles. The predicted molar refractivity (Wildman–Crippen MR) is 76.0 cm³/mol. The van der Waals surface area contributed by atoms with E-state index < -0.39 is 17.7 Å². The van der Waals surface area contributed by atoms with Gasteiger partial charge in [0.05, 0.1) is 6.61 Å². The molecule has 21 heavy (non-hydrogen) atoms. The van der Waals surface area contributed by atoms with Gasteiger partial charge in [0.25, 0.3) is 5.91 Å². The molecule has 3 amide bonds. The van der Waals surface area contributed by atoms with Gasteiger partial charge >= 0.3 is 11.8 Å². The molecule has 114 valence electrons. The first-order valence-electron chi connectivity index (χ1n) is 6.43. The molecule has 0 spiro atoms. The average molecular weight is 293 g/mol. The van der Waals surface area contributed by atoms with Crippen LogP contribution in [0.15, 0.2) is 24.3 Å². The molecule has 0 aliphatic rings. The van der Waals surface area contributed by atoms with E-state index >= 15 is 0 Å². The van der Waals surface area contributed by atoms with Crippen LogP contribution in [0.25, 0.3) is 0 Å². The molecular formula is C14H19N3O4. The van der Waals surface area contributed by atoms with Crippen LogP contribution in [-0.4, -0.2) is 30.9 Å². The van der Waals surface area contributed by atoms with Crippen molar-refractivity contribution < 1.29 is 19.1 Å². The fourth-order valence-electron chi connectivity index (χ4n) is 1.54. The monoisotopic (exact) mass is 293 g/mol. The number of hydrogen-bond acceptors (Lipinski definition) is 4. The number of hydrogen-bond donors (Lipinski definition) is 3. The van der Waals surface area contributed by atoms with E-state index in [1.807, 2.05) is 6.07 Å². The molecule has 0 saturated heterocycles. The molecule has 0 saturated carbocycles. The zero-order valence-corrected chi connectivity index (χ0v) is 12.2. The lowest BCUT2D eigenvalue weighted by Crippen LogP contribution is -2.49. The van der Waals surface area contributed by atoms with Crippen LogP contribution in [0.4, 0.5) is 0 Å². The summed E-state index contributed by atoms with van der Waals surface area (Å²) in [6, 6.07) is 6.59. The maximum Gasteiger partial charge on any atom is 0.327 e. The largest absolute Gasteiger partial charge is 0.380 e. The van der Waals surface area contributed by atoms with Crippen LogP contribution in [0.3, 0.4) is 0 Å². The summed E-state index contributed by atoms with van der Waals surface area (Å²) in [5.74, 6) is -2.25. The smallest absolute Gasteiger partial charge is 0.327 e.